The molecule has 0 spiro atoms. The van der Waals surface area contributed by atoms with Crippen LogP contribution in [0.1, 0.15) is 24.0 Å². The lowest BCUT2D eigenvalue weighted by Crippen LogP contribution is -2.10. The maximum atomic E-state index is 8.83. The van der Waals surface area contributed by atoms with Crippen LogP contribution in [0.4, 0.5) is 5.69 Å². The Morgan fingerprint density at radius 1 is 1.21 bits per heavy atom. The summed E-state index contributed by atoms with van der Waals surface area (Å²) in [6.07, 6.45) is 0. The molecule has 3 heteroatoms. The van der Waals surface area contributed by atoms with Gasteiger partial charge in [0.15, 0.2) is 0 Å². The molecule has 1 atom stereocenters. The van der Waals surface area contributed by atoms with E-state index in [2.05, 4.69) is 58.5 Å². The number of nitrogens with one attached hydrogen (secondary N) is 1. The van der Waals surface area contributed by atoms with Gasteiger partial charge in [-0.2, -0.15) is 5.26 Å². The summed E-state index contributed by atoms with van der Waals surface area (Å²) in [4.78, 5) is 0. The van der Waals surface area contributed by atoms with Gasteiger partial charge in [0.1, 0.15) is 0 Å². The van der Waals surface area contributed by atoms with Gasteiger partial charge in [-0.25, -0.2) is 0 Å². The molecule has 0 fully saturated rings. The van der Waals surface area contributed by atoms with Gasteiger partial charge in [0.05, 0.1) is 11.6 Å². The molecule has 2 nitrogen and oxygen atoms in total. The fourth-order valence-corrected chi connectivity index (χ4v) is 2.41. The van der Waals surface area contributed by atoms with E-state index in [0.717, 1.165) is 16.7 Å². The topological polar surface area (TPSA) is 35.8 Å². The van der Waals surface area contributed by atoms with Gasteiger partial charge in [0.2, 0.25) is 0 Å². The summed E-state index contributed by atoms with van der Waals surface area (Å²) >= 11 is 3.48. The van der Waals surface area contributed by atoms with E-state index in [0.29, 0.717) is 11.5 Å². The summed E-state index contributed by atoms with van der Waals surface area (Å²) in [6.45, 7) is 3.05. The Balaban J connectivity index is 2.01. The number of hydrogen-bond donors (Lipinski definition) is 1. The van der Waals surface area contributed by atoms with Crippen molar-refractivity contribution in [1.29, 1.82) is 5.26 Å². The molecule has 0 aromatic heterocycles. The quantitative estimate of drug-likeness (QED) is 0.899. The smallest absolute Gasteiger partial charge is 0.0992 e. The van der Waals surface area contributed by atoms with E-state index < -0.39 is 0 Å². The maximum Gasteiger partial charge on any atom is 0.0992 e. The van der Waals surface area contributed by atoms with E-state index >= 15 is 0 Å². The van der Waals surface area contributed by atoms with Crippen molar-refractivity contribution in [3.05, 3.63) is 64.1 Å². The molecule has 0 radical (unpaired) electrons. The molecule has 2 aromatic carbocycles. The maximum absolute atomic E-state index is 8.83. The van der Waals surface area contributed by atoms with Crippen molar-refractivity contribution in [2.24, 2.45) is 0 Å². The minimum atomic E-state index is 0.434. The average Bonchev–Trinajstić information content (AvgIpc) is 2.46. The van der Waals surface area contributed by atoms with Crippen LogP contribution in [-0.2, 0) is 0 Å². The summed E-state index contributed by atoms with van der Waals surface area (Å²) in [5.74, 6) is 0.434. The van der Waals surface area contributed by atoms with Crippen molar-refractivity contribution in [2.75, 3.05) is 11.9 Å². The van der Waals surface area contributed by atoms with Gasteiger partial charge in [-0.3, -0.25) is 0 Å². The van der Waals surface area contributed by atoms with E-state index in [9.17, 15) is 0 Å². The molecule has 0 aliphatic carbocycles. The first-order valence-corrected chi connectivity index (χ1v) is 6.98. The van der Waals surface area contributed by atoms with Gasteiger partial charge in [-0.15, -0.1) is 0 Å². The largest absolute Gasteiger partial charge is 0.384 e. The van der Waals surface area contributed by atoms with E-state index in [1.807, 2.05) is 24.3 Å². The lowest BCUT2D eigenvalue weighted by Gasteiger charge is -2.15. The van der Waals surface area contributed by atoms with Gasteiger partial charge in [0.25, 0.3) is 0 Å². The van der Waals surface area contributed by atoms with E-state index in [1.165, 1.54) is 5.56 Å². The molecule has 0 saturated carbocycles. The number of halogens is 1. The zero-order chi connectivity index (χ0) is 13.7. The molecule has 0 bridgehead atoms. The Morgan fingerprint density at radius 2 is 1.95 bits per heavy atom. The molecular formula is C16H15BrN2. The highest BCUT2D eigenvalue weighted by Crippen LogP contribution is 2.24. The van der Waals surface area contributed by atoms with E-state index in [1.54, 1.807) is 0 Å². The molecule has 0 amide bonds. The third-order valence-corrected chi connectivity index (χ3v) is 3.72. The molecule has 0 aliphatic rings. The van der Waals surface area contributed by atoms with Crippen LogP contribution in [0.3, 0.4) is 0 Å². The number of nitrogens with zero attached hydrogens (tertiary/aromatic N) is 1. The average molecular weight is 315 g/mol. The Hall–Kier alpha value is -1.79. The molecular weight excluding hydrogens is 300 g/mol. The first-order valence-electron chi connectivity index (χ1n) is 6.19. The molecule has 0 saturated heterocycles. The zero-order valence-corrected chi connectivity index (χ0v) is 12.3. The van der Waals surface area contributed by atoms with Crippen LogP contribution >= 0.6 is 15.9 Å². The number of nitriles is 1. The normalized spacial score (nSPS) is 11.6. The summed E-state index contributed by atoms with van der Waals surface area (Å²) in [6, 6.07) is 18.1. The Labute approximate surface area is 122 Å². The van der Waals surface area contributed by atoms with Crippen LogP contribution in [0.25, 0.3) is 0 Å². The predicted molar refractivity (Wildman–Crippen MR) is 82.2 cm³/mol. The van der Waals surface area contributed by atoms with Gasteiger partial charge in [0, 0.05) is 16.7 Å². The highest BCUT2D eigenvalue weighted by molar-refractivity contribution is 9.10. The molecule has 2 aromatic rings. The van der Waals surface area contributed by atoms with Crippen molar-refractivity contribution < 1.29 is 0 Å². The Morgan fingerprint density at radius 3 is 2.58 bits per heavy atom. The SMILES string of the molecule is CC(CNc1ccc(C#N)cc1Br)c1ccccc1. The third kappa shape index (κ3) is 3.59. The summed E-state index contributed by atoms with van der Waals surface area (Å²) in [7, 11) is 0. The van der Waals surface area contributed by atoms with Crippen molar-refractivity contribution in [3.63, 3.8) is 0 Å². The first kappa shape index (κ1) is 13.6. The molecule has 1 unspecified atom stereocenters. The Bertz CT molecular complexity index is 587. The molecule has 1 N–H and O–H groups in total. The highest BCUT2D eigenvalue weighted by Gasteiger charge is 2.06. The van der Waals surface area contributed by atoms with Crippen molar-refractivity contribution in [3.8, 4) is 6.07 Å². The molecule has 0 heterocycles. The standard InChI is InChI=1S/C16H15BrN2/c1-12(14-5-3-2-4-6-14)11-19-16-8-7-13(10-18)9-15(16)17/h2-9,12,19H,11H2,1H3. The van der Waals surface area contributed by atoms with E-state index in [-0.39, 0.29) is 0 Å². The minimum absolute atomic E-state index is 0.434. The lowest BCUT2D eigenvalue weighted by atomic mass is 10.0. The zero-order valence-electron chi connectivity index (χ0n) is 10.7. The van der Waals surface area contributed by atoms with Gasteiger partial charge >= 0.3 is 0 Å². The number of anilines is 1. The highest BCUT2D eigenvalue weighted by atomic mass is 79.9. The third-order valence-electron chi connectivity index (χ3n) is 3.07. The summed E-state index contributed by atoms with van der Waals surface area (Å²) in [5, 5.41) is 12.2. The fourth-order valence-electron chi connectivity index (χ4n) is 1.89. The molecule has 96 valence electrons. The lowest BCUT2D eigenvalue weighted by molar-refractivity contribution is 0.804. The summed E-state index contributed by atoms with van der Waals surface area (Å²) < 4.78 is 0.923. The fraction of sp³-hybridized carbons (Fsp3) is 0.188. The number of rotatable bonds is 4. The van der Waals surface area contributed by atoms with Gasteiger partial charge in [-0.05, 0) is 45.6 Å². The van der Waals surface area contributed by atoms with Crippen LogP contribution in [0.5, 0.6) is 0 Å². The molecule has 0 aliphatic heterocycles. The summed E-state index contributed by atoms with van der Waals surface area (Å²) in [5.41, 5.74) is 3.00. The van der Waals surface area contributed by atoms with Crippen molar-refractivity contribution in [2.45, 2.75) is 12.8 Å². The van der Waals surface area contributed by atoms with Crippen LogP contribution < -0.4 is 5.32 Å². The minimum Gasteiger partial charge on any atom is -0.384 e. The van der Waals surface area contributed by atoms with Crippen LogP contribution in [0.2, 0.25) is 0 Å². The second kappa shape index (κ2) is 6.40. The van der Waals surface area contributed by atoms with Crippen LogP contribution in [0, 0.1) is 11.3 Å². The number of hydrogen-bond acceptors (Lipinski definition) is 2. The molecule has 2 rings (SSSR count). The Kier molecular flexibility index (Phi) is 4.59. The van der Waals surface area contributed by atoms with E-state index in [4.69, 9.17) is 5.26 Å². The van der Waals surface area contributed by atoms with Crippen LogP contribution in [-0.4, -0.2) is 6.54 Å². The predicted octanol–water partition coefficient (Wildman–Crippen LogP) is 4.54. The van der Waals surface area contributed by atoms with Gasteiger partial charge < -0.3 is 5.32 Å². The van der Waals surface area contributed by atoms with Gasteiger partial charge in [-0.1, -0.05) is 37.3 Å². The van der Waals surface area contributed by atoms with Crippen molar-refractivity contribution >= 4 is 21.6 Å². The van der Waals surface area contributed by atoms with Crippen molar-refractivity contribution in [1.82, 2.24) is 0 Å². The second-order valence-corrected chi connectivity index (χ2v) is 5.35. The monoisotopic (exact) mass is 314 g/mol. The second-order valence-electron chi connectivity index (χ2n) is 4.50. The first-order chi connectivity index (χ1) is 9.20. The molecule has 19 heavy (non-hydrogen) atoms. The van der Waals surface area contributed by atoms with Crippen LogP contribution in [0.15, 0.2) is 53.0 Å². The number of benzene rings is 2.